The first-order chi connectivity index (χ1) is 7.20. The van der Waals surface area contributed by atoms with Gasteiger partial charge in [0.25, 0.3) is 0 Å². The van der Waals surface area contributed by atoms with Gasteiger partial charge in [0.05, 0.1) is 0 Å². The molecule has 3 nitrogen and oxygen atoms in total. The molecule has 1 N–H and O–H groups in total. The molecule has 0 amide bonds. The summed E-state index contributed by atoms with van der Waals surface area (Å²) in [6.45, 7) is 11.0. The summed E-state index contributed by atoms with van der Waals surface area (Å²) in [7, 11) is 2.12. The Labute approximate surface area is 93.8 Å². The third kappa shape index (κ3) is 2.52. The van der Waals surface area contributed by atoms with Crippen LogP contribution in [0.4, 0.5) is 0 Å². The third-order valence-corrected chi connectivity index (χ3v) is 3.88. The number of hydrogen-bond donors (Lipinski definition) is 1. The average Bonchev–Trinajstić information content (AvgIpc) is 2.27. The fraction of sp³-hybridized carbons (Fsp3) is 1.00. The molecule has 15 heavy (non-hydrogen) atoms. The van der Waals surface area contributed by atoms with Gasteiger partial charge in [-0.2, -0.15) is 0 Å². The Bertz CT molecular complexity index is 197. The fourth-order valence-electron chi connectivity index (χ4n) is 3.01. The predicted octanol–water partition coefficient (Wildman–Crippen LogP) is 0.620. The van der Waals surface area contributed by atoms with E-state index in [2.05, 4.69) is 36.0 Å². The van der Waals surface area contributed by atoms with Crippen LogP contribution in [0.1, 0.15) is 20.3 Å². The molecule has 0 aromatic heterocycles. The summed E-state index contributed by atoms with van der Waals surface area (Å²) in [6, 6.07) is 1.42. The van der Waals surface area contributed by atoms with Crippen molar-refractivity contribution in [2.45, 2.75) is 32.4 Å². The molecule has 3 rings (SSSR count). The van der Waals surface area contributed by atoms with E-state index in [0.717, 1.165) is 12.0 Å². The monoisotopic (exact) mass is 211 g/mol. The first-order valence-corrected chi connectivity index (χ1v) is 6.34. The molecule has 3 aliphatic heterocycles. The van der Waals surface area contributed by atoms with Gasteiger partial charge in [0.15, 0.2) is 0 Å². The first-order valence-electron chi connectivity index (χ1n) is 6.34. The average molecular weight is 211 g/mol. The van der Waals surface area contributed by atoms with Crippen molar-refractivity contribution in [3.05, 3.63) is 0 Å². The Morgan fingerprint density at radius 3 is 2.27 bits per heavy atom. The van der Waals surface area contributed by atoms with Crippen LogP contribution in [-0.4, -0.2) is 61.7 Å². The van der Waals surface area contributed by atoms with Gasteiger partial charge in [-0.15, -0.1) is 0 Å². The number of fused-ring (bicyclic) bond motifs is 3. The molecule has 0 aliphatic carbocycles. The van der Waals surface area contributed by atoms with E-state index in [-0.39, 0.29) is 0 Å². The molecule has 2 atom stereocenters. The van der Waals surface area contributed by atoms with Crippen LogP contribution >= 0.6 is 0 Å². The Hall–Kier alpha value is -0.120. The van der Waals surface area contributed by atoms with Gasteiger partial charge < -0.3 is 5.32 Å². The lowest BCUT2D eigenvalue weighted by molar-refractivity contribution is -0.00505. The van der Waals surface area contributed by atoms with E-state index >= 15 is 0 Å². The molecule has 0 aromatic rings. The maximum absolute atomic E-state index is 3.52. The summed E-state index contributed by atoms with van der Waals surface area (Å²) in [6.07, 6.45) is 1.30. The summed E-state index contributed by atoms with van der Waals surface area (Å²) in [5.41, 5.74) is 0. The molecule has 2 bridgehead atoms. The van der Waals surface area contributed by atoms with Crippen molar-refractivity contribution < 1.29 is 0 Å². The smallest absolute Gasteiger partial charge is 0.0377 e. The minimum atomic E-state index is 0.674. The molecular formula is C12H25N3. The molecule has 0 aromatic carbocycles. The van der Waals surface area contributed by atoms with E-state index in [1.54, 1.807) is 0 Å². The second kappa shape index (κ2) is 4.81. The van der Waals surface area contributed by atoms with Crippen molar-refractivity contribution >= 4 is 0 Å². The predicted molar refractivity (Wildman–Crippen MR) is 64.1 cm³/mol. The number of likely N-dealkylation sites (N-methyl/N-ethyl adjacent to an activating group) is 1. The summed E-state index contributed by atoms with van der Waals surface area (Å²) >= 11 is 0. The van der Waals surface area contributed by atoms with Gasteiger partial charge in [-0.1, -0.05) is 13.8 Å². The highest BCUT2D eigenvalue weighted by Gasteiger charge is 2.36. The molecule has 0 radical (unpaired) electrons. The van der Waals surface area contributed by atoms with Crippen molar-refractivity contribution in [1.29, 1.82) is 0 Å². The number of nitrogens with zero attached hydrogens (tertiary/aromatic N) is 2. The van der Waals surface area contributed by atoms with E-state index in [4.69, 9.17) is 0 Å². The van der Waals surface area contributed by atoms with Gasteiger partial charge in [-0.25, -0.2) is 0 Å². The van der Waals surface area contributed by atoms with E-state index in [0.29, 0.717) is 6.04 Å². The van der Waals surface area contributed by atoms with E-state index in [1.807, 2.05) is 0 Å². The van der Waals surface area contributed by atoms with Crippen LogP contribution in [0, 0.1) is 5.92 Å². The normalized spacial score (nSPS) is 37.2. The first kappa shape index (κ1) is 11.4. The molecule has 88 valence electrons. The van der Waals surface area contributed by atoms with Crippen LogP contribution in [0.2, 0.25) is 0 Å². The Kier molecular flexibility index (Phi) is 3.65. The summed E-state index contributed by atoms with van der Waals surface area (Å²) < 4.78 is 0. The molecule has 3 aliphatic rings. The minimum absolute atomic E-state index is 0.674. The van der Waals surface area contributed by atoms with Crippen LogP contribution in [0.15, 0.2) is 0 Å². The highest BCUT2D eigenvalue weighted by molar-refractivity contribution is 4.94. The summed E-state index contributed by atoms with van der Waals surface area (Å²) in [5.74, 6) is 0.791. The van der Waals surface area contributed by atoms with Crippen molar-refractivity contribution in [3.8, 4) is 0 Å². The quantitative estimate of drug-likeness (QED) is 0.735. The van der Waals surface area contributed by atoms with Gasteiger partial charge in [-0.05, 0) is 19.4 Å². The SMILES string of the molecule is CNC(CC(C)C)C1CN2CCN1CC2. The molecule has 0 saturated carbocycles. The Morgan fingerprint density at radius 1 is 1.20 bits per heavy atom. The maximum atomic E-state index is 3.52. The second-order valence-electron chi connectivity index (χ2n) is 5.43. The zero-order valence-corrected chi connectivity index (χ0v) is 10.4. The van der Waals surface area contributed by atoms with Crippen molar-refractivity contribution in [2.24, 2.45) is 5.92 Å². The highest BCUT2D eigenvalue weighted by atomic mass is 15.4. The highest BCUT2D eigenvalue weighted by Crippen LogP contribution is 2.21. The van der Waals surface area contributed by atoms with E-state index in [9.17, 15) is 0 Å². The van der Waals surface area contributed by atoms with Crippen molar-refractivity contribution in [1.82, 2.24) is 15.1 Å². The Balaban J connectivity index is 1.95. The topological polar surface area (TPSA) is 18.5 Å². The van der Waals surface area contributed by atoms with Crippen molar-refractivity contribution in [2.75, 3.05) is 39.8 Å². The van der Waals surface area contributed by atoms with E-state index in [1.165, 1.54) is 39.1 Å². The van der Waals surface area contributed by atoms with E-state index < -0.39 is 0 Å². The lowest BCUT2D eigenvalue weighted by atomic mass is 9.93. The van der Waals surface area contributed by atoms with Crippen LogP contribution < -0.4 is 5.32 Å². The zero-order valence-electron chi connectivity index (χ0n) is 10.4. The largest absolute Gasteiger partial charge is 0.315 e. The molecular weight excluding hydrogens is 186 g/mol. The fourth-order valence-corrected chi connectivity index (χ4v) is 3.01. The molecule has 2 unspecified atom stereocenters. The van der Waals surface area contributed by atoms with Crippen molar-refractivity contribution in [3.63, 3.8) is 0 Å². The van der Waals surface area contributed by atoms with Crippen LogP contribution in [-0.2, 0) is 0 Å². The molecule has 3 fully saturated rings. The standard InChI is InChI=1S/C12H25N3/c1-10(2)8-11(13-3)12-9-14-4-6-15(12)7-5-14/h10-13H,4-9H2,1-3H3. The lowest BCUT2D eigenvalue weighted by Gasteiger charge is -2.50. The minimum Gasteiger partial charge on any atom is -0.315 e. The van der Waals surface area contributed by atoms with Gasteiger partial charge in [0.1, 0.15) is 0 Å². The molecule has 0 spiro atoms. The maximum Gasteiger partial charge on any atom is 0.0377 e. The number of rotatable bonds is 4. The number of nitrogens with one attached hydrogen (secondary N) is 1. The third-order valence-electron chi connectivity index (χ3n) is 3.88. The summed E-state index contributed by atoms with van der Waals surface area (Å²) in [4.78, 5) is 5.30. The van der Waals surface area contributed by atoms with Gasteiger partial charge in [0, 0.05) is 44.8 Å². The van der Waals surface area contributed by atoms with Crippen LogP contribution in [0.5, 0.6) is 0 Å². The molecule has 3 saturated heterocycles. The van der Waals surface area contributed by atoms with Gasteiger partial charge >= 0.3 is 0 Å². The van der Waals surface area contributed by atoms with Crippen LogP contribution in [0.25, 0.3) is 0 Å². The molecule has 3 heteroatoms. The van der Waals surface area contributed by atoms with Gasteiger partial charge in [-0.3, -0.25) is 9.80 Å². The lowest BCUT2D eigenvalue weighted by Crippen LogP contribution is -2.66. The second-order valence-corrected chi connectivity index (χ2v) is 5.43. The summed E-state index contributed by atoms with van der Waals surface area (Å²) in [5, 5.41) is 3.52. The number of hydrogen-bond acceptors (Lipinski definition) is 3. The molecule has 3 heterocycles. The Morgan fingerprint density at radius 2 is 1.87 bits per heavy atom. The van der Waals surface area contributed by atoms with Crippen LogP contribution in [0.3, 0.4) is 0 Å². The zero-order chi connectivity index (χ0) is 10.8. The number of piperazine rings is 3. The van der Waals surface area contributed by atoms with Gasteiger partial charge in [0.2, 0.25) is 0 Å².